The van der Waals surface area contributed by atoms with Crippen molar-refractivity contribution in [2.45, 2.75) is 19.7 Å². The minimum atomic E-state index is -0.412. The molecule has 3 rings (SSSR count). The van der Waals surface area contributed by atoms with Crippen LogP contribution in [0.5, 0.6) is 5.75 Å². The molecule has 5 nitrogen and oxygen atoms in total. The van der Waals surface area contributed by atoms with Gasteiger partial charge in [0.05, 0.1) is 5.69 Å². The molecule has 2 heterocycles. The number of carbonyl (C=O) groups excluding carboxylic acids is 1. The summed E-state index contributed by atoms with van der Waals surface area (Å²) in [6, 6.07) is 5.81. The van der Waals surface area contributed by atoms with Crippen LogP contribution in [0.2, 0.25) is 6.82 Å². The lowest BCUT2D eigenvalue weighted by Gasteiger charge is -2.29. The van der Waals surface area contributed by atoms with Crippen molar-refractivity contribution in [3.8, 4) is 5.75 Å². The second kappa shape index (κ2) is 5.91. The molecule has 1 fully saturated rings. The largest absolute Gasteiger partial charge is 0.482 e. The quantitative estimate of drug-likeness (QED) is 0.811. The third kappa shape index (κ3) is 3.28. The van der Waals surface area contributed by atoms with Gasteiger partial charge in [-0.15, -0.1) is 0 Å². The van der Waals surface area contributed by atoms with Gasteiger partial charge in [0.1, 0.15) is 5.75 Å². The monoisotopic (exact) mass is 286 g/mol. The van der Waals surface area contributed by atoms with E-state index in [9.17, 15) is 9.82 Å². The van der Waals surface area contributed by atoms with Gasteiger partial charge in [-0.25, -0.2) is 0 Å². The Hall–Kier alpha value is -1.79. The van der Waals surface area contributed by atoms with E-state index in [-0.39, 0.29) is 12.5 Å². The average molecular weight is 286 g/mol. The summed E-state index contributed by atoms with van der Waals surface area (Å²) in [5, 5.41) is 12.5. The highest BCUT2D eigenvalue weighted by Gasteiger charge is 2.21. The average Bonchev–Trinajstić information content (AvgIpc) is 2.47. The van der Waals surface area contributed by atoms with Crippen LogP contribution in [0.15, 0.2) is 23.8 Å². The molecule has 21 heavy (non-hydrogen) atoms. The summed E-state index contributed by atoms with van der Waals surface area (Å²) in [5.41, 5.74) is 3.07. The molecular formula is C15H19BN2O3. The summed E-state index contributed by atoms with van der Waals surface area (Å²) in [7, 11) is -0.412. The second-order valence-electron chi connectivity index (χ2n) is 5.60. The number of carbonyl (C=O) groups is 1. The lowest BCUT2D eigenvalue weighted by atomic mass is 9.82. The molecule has 2 aliphatic rings. The predicted molar refractivity (Wildman–Crippen MR) is 83.2 cm³/mol. The first-order chi connectivity index (χ1) is 10.1. The Morgan fingerprint density at radius 1 is 1.48 bits per heavy atom. The molecule has 1 aromatic carbocycles. The molecule has 0 aromatic heterocycles. The van der Waals surface area contributed by atoms with Gasteiger partial charge >= 0.3 is 7.05 Å². The number of rotatable bonds is 2. The molecule has 2 aliphatic heterocycles. The molecule has 6 heteroatoms. The van der Waals surface area contributed by atoms with Crippen LogP contribution in [-0.2, 0) is 4.79 Å². The zero-order valence-electron chi connectivity index (χ0n) is 12.1. The zero-order valence-corrected chi connectivity index (χ0v) is 12.1. The number of piperidine rings is 1. The summed E-state index contributed by atoms with van der Waals surface area (Å²) in [6.45, 7) is 3.60. The Morgan fingerprint density at radius 3 is 3.14 bits per heavy atom. The van der Waals surface area contributed by atoms with Crippen molar-refractivity contribution >= 4 is 24.7 Å². The Balaban J connectivity index is 1.79. The summed E-state index contributed by atoms with van der Waals surface area (Å²) in [5.74, 6) is 0.594. The SMILES string of the molecule is CB(O)N1CCCC(=Cc2ccc3c(c2)NC(=O)CO3)C1. The van der Waals surface area contributed by atoms with Crippen LogP contribution >= 0.6 is 0 Å². The van der Waals surface area contributed by atoms with E-state index in [1.807, 2.05) is 18.2 Å². The van der Waals surface area contributed by atoms with Gasteiger partial charge in [0.15, 0.2) is 6.61 Å². The van der Waals surface area contributed by atoms with E-state index in [2.05, 4.69) is 16.2 Å². The first-order valence-electron chi connectivity index (χ1n) is 7.30. The normalized spacial score (nSPS) is 20.7. The van der Waals surface area contributed by atoms with Crippen LogP contribution in [-0.4, -0.2) is 42.5 Å². The van der Waals surface area contributed by atoms with E-state index in [4.69, 9.17) is 4.74 Å². The molecule has 110 valence electrons. The van der Waals surface area contributed by atoms with E-state index < -0.39 is 7.05 Å². The number of benzene rings is 1. The van der Waals surface area contributed by atoms with Gasteiger partial charge in [-0.05, 0) is 43.9 Å². The minimum Gasteiger partial charge on any atom is -0.482 e. The Kier molecular flexibility index (Phi) is 3.99. The Labute approximate surface area is 124 Å². The van der Waals surface area contributed by atoms with E-state index in [1.165, 1.54) is 5.57 Å². The Bertz CT molecular complexity index is 586. The zero-order chi connectivity index (χ0) is 14.8. The summed E-state index contributed by atoms with van der Waals surface area (Å²) in [6.07, 6.45) is 4.24. The van der Waals surface area contributed by atoms with Crippen LogP contribution < -0.4 is 10.1 Å². The molecule has 0 aliphatic carbocycles. The number of ether oxygens (including phenoxy) is 1. The van der Waals surface area contributed by atoms with Gasteiger partial charge < -0.3 is 19.9 Å². The molecule has 0 saturated carbocycles. The minimum absolute atomic E-state index is 0.0801. The molecule has 1 amide bonds. The van der Waals surface area contributed by atoms with Gasteiger partial charge in [0.25, 0.3) is 5.91 Å². The van der Waals surface area contributed by atoms with Crippen LogP contribution in [0.3, 0.4) is 0 Å². The van der Waals surface area contributed by atoms with Crippen LogP contribution in [0.1, 0.15) is 18.4 Å². The van der Waals surface area contributed by atoms with Gasteiger partial charge in [-0.1, -0.05) is 17.7 Å². The molecule has 0 radical (unpaired) electrons. The van der Waals surface area contributed by atoms with Crippen LogP contribution in [0, 0.1) is 0 Å². The number of fused-ring (bicyclic) bond motifs is 1. The number of nitrogens with one attached hydrogen (secondary N) is 1. The van der Waals surface area contributed by atoms with Crippen LogP contribution in [0.4, 0.5) is 5.69 Å². The van der Waals surface area contributed by atoms with E-state index in [0.29, 0.717) is 5.75 Å². The second-order valence-corrected chi connectivity index (χ2v) is 5.60. The maximum absolute atomic E-state index is 11.4. The van der Waals surface area contributed by atoms with Crippen molar-refractivity contribution in [2.75, 3.05) is 25.0 Å². The number of anilines is 1. The highest BCUT2D eigenvalue weighted by atomic mass is 16.5. The van der Waals surface area contributed by atoms with Crippen molar-refractivity contribution in [2.24, 2.45) is 0 Å². The van der Waals surface area contributed by atoms with Gasteiger partial charge in [-0.2, -0.15) is 0 Å². The number of hydrogen-bond acceptors (Lipinski definition) is 4. The first kappa shape index (κ1) is 14.2. The molecule has 1 saturated heterocycles. The molecule has 0 atom stereocenters. The Morgan fingerprint density at radius 2 is 2.33 bits per heavy atom. The highest BCUT2D eigenvalue weighted by molar-refractivity contribution is 6.45. The van der Waals surface area contributed by atoms with Crippen molar-refractivity contribution in [1.82, 2.24) is 4.81 Å². The standard InChI is InChI=1S/C15H19BN2O3/c1-16(20)18-6-2-3-12(9-18)7-11-4-5-14-13(8-11)17-15(19)10-21-14/h4-5,7-8,20H,2-3,6,9-10H2,1H3,(H,17,19). The summed E-state index contributed by atoms with van der Waals surface area (Å²) in [4.78, 5) is 13.4. The third-order valence-electron chi connectivity index (χ3n) is 3.89. The maximum atomic E-state index is 11.4. The predicted octanol–water partition coefficient (Wildman–Crippen LogP) is 1.61. The van der Waals surface area contributed by atoms with Gasteiger partial charge in [-0.3, -0.25) is 4.79 Å². The molecule has 0 unspecified atom stereocenters. The van der Waals surface area contributed by atoms with Crippen LogP contribution in [0.25, 0.3) is 6.08 Å². The van der Waals surface area contributed by atoms with Crippen molar-refractivity contribution < 1.29 is 14.6 Å². The molecular weight excluding hydrogens is 267 g/mol. The smallest absolute Gasteiger partial charge is 0.376 e. The first-order valence-corrected chi connectivity index (χ1v) is 7.30. The third-order valence-corrected chi connectivity index (χ3v) is 3.89. The molecule has 0 spiro atoms. The van der Waals surface area contributed by atoms with Gasteiger partial charge in [0.2, 0.25) is 0 Å². The van der Waals surface area contributed by atoms with Gasteiger partial charge in [0, 0.05) is 6.54 Å². The van der Waals surface area contributed by atoms with Crippen molar-refractivity contribution in [3.63, 3.8) is 0 Å². The topological polar surface area (TPSA) is 61.8 Å². The number of nitrogens with zero attached hydrogens (tertiary/aromatic N) is 1. The fourth-order valence-corrected chi connectivity index (χ4v) is 2.79. The van der Waals surface area contributed by atoms with E-state index >= 15 is 0 Å². The summed E-state index contributed by atoms with van der Waals surface area (Å²) < 4.78 is 5.36. The van der Waals surface area contributed by atoms with Crippen molar-refractivity contribution in [3.05, 3.63) is 29.3 Å². The van der Waals surface area contributed by atoms with Crippen molar-refractivity contribution in [1.29, 1.82) is 0 Å². The fourth-order valence-electron chi connectivity index (χ4n) is 2.79. The molecule has 2 N–H and O–H groups in total. The molecule has 1 aromatic rings. The summed E-state index contributed by atoms with van der Waals surface area (Å²) >= 11 is 0. The maximum Gasteiger partial charge on any atom is 0.376 e. The van der Waals surface area contributed by atoms with E-state index in [0.717, 1.165) is 37.2 Å². The number of hydrogen-bond donors (Lipinski definition) is 2. The fraction of sp³-hybridized carbons (Fsp3) is 0.400. The molecule has 0 bridgehead atoms. The number of amides is 1. The van der Waals surface area contributed by atoms with E-state index in [1.54, 1.807) is 6.82 Å². The lowest BCUT2D eigenvalue weighted by molar-refractivity contribution is -0.118. The highest BCUT2D eigenvalue weighted by Crippen LogP contribution is 2.30. The lowest BCUT2D eigenvalue weighted by Crippen LogP contribution is -2.41.